The van der Waals surface area contributed by atoms with Gasteiger partial charge in [0, 0.05) is 37.8 Å². The number of hydrogen-bond acceptors (Lipinski definition) is 4. The molecule has 21 heavy (non-hydrogen) atoms. The predicted octanol–water partition coefficient (Wildman–Crippen LogP) is 2.36. The van der Waals surface area contributed by atoms with E-state index in [2.05, 4.69) is 36.3 Å². The van der Waals surface area contributed by atoms with Crippen LogP contribution < -0.4 is 10.6 Å². The molecule has 2 N–H and O–H groups in total. The van der Waals surface area contributed by atoms with Crippen LogP contribution in [0.25, 0.3) is 0 Å². The molecule has 1 heterocycles. The second kappa shape index (κ2) is 7.45. The van der Waals surface area contributed by atoms with Crippen molar-refractivity contribution in [1.29, 1.82) is 0 Å². The van der Waals surface area contributed by atoms with Crippen LogP contribution in [0.3, 0.4) is 0 Å². The van der Waals surface area contributed by atoms with Gasteiger partial charge in [0.2, 0.25) is 0 Å². The maximum absolute atomic E-state index is 11.5. The Bertz CT molecular complexity index is 323. The zero-order valence-electron chi connectivity index (χ0n) is 14.6. The van der Waals surface area contributed by atoms with E-state index in [-0.39, 0.29) is 11.6 Å². The third-order valence-corrected chi connectivity index (χ3v) is 3.67. The third-order valence-electron chi connectivity index (χ3n) is 3.67. The summed E-state index contributed by atoms with van der Waals surface area (Å²) in [5.74, 6) is 0. The van der Waals surface area contributed by atoms with Crippen molar-refractivity contribution in [1.82, 2.24) is 15.5 Å². The largest absolute Gasteiger partial charge is 0.444 e. The number of likely N-dealkylation sites (tertiary alicyclic amines) is 1. The van der Waals surface area contributed by atoms with Crippen molar-refractivity contribution >= 4 is 6.09 Å². The van der Waals surface area contributed by atoms with Crippen LogP contribution in [0.2, 0.25) is 0 Å². The minimum atomic E-state index is -0.433. The molecule has 1 fully saturated rings. The molecule has 124 valence electrons. The Labute approximate surface area is 129 Å². The molecule has 1 aliphatic rings. The fourth-order valence-electron chi connectivity index (χ4n) is 2.51. The van der Waals surface area contributed by atoms with Crippen molar-refractivity contribution in [3.8, 4) is 0 Å². The Morgan fingerprint density at radius 2 is 1.67 bits per heavy atom. The van der Waals surface area contributed by atoms with Crippen molar-refractivity contribution in [2.24, 2.45) is 0 Å². The van der Waals surface area contributed by atoms with Gasteiger partial charge in [0.05, 0.1) is 0 Å². The molecule has 0 saturated carbocycles. The Balaban J connectivity index is 2.11. The van der Waals surface area contributed by atoms with Crippen LogP contribution in [0.15, 0.2) is 0 Å². The van der Waals surface area contributed by atoms with E-state index in [1.807, 2.05) is 20.8 Å². The number of nitrogens with one attached hydrogen (secondary N) is 2. The second-order valence-corrected chi connectivity index (χ2v) is 7.81. The first-order valence-corrected chi connectivity index (χ1v) is 8.03. The van der Waals surface area contributed by atoms with Crippen molar-refractivity contribution in [3.05, 3.63) is 0 Å². The van der Waals surface area contributed by atoms with E-state index in [0.717, 1.165) is 19.6 Å². The van der Waals surface area contributed by atoms with E-state index in [1.54, 1.807) is 0 Å². The van der Waals surface area contributed by atoms with Crippen LogP contribution in [0.5, 0.6) is 0 Å². The van der Waals surface area contributed by atoms with Gasteiger partial charge < -0.3 is 15.4 Å². The topological polar surface area (TPSA) is 53.6 Å². The van der Waals surface area contributed by atoms with Gasteiger partial charge in [0.15, 0.2) is 0 Å². The monoisotopic (exact) mass is 299 g/mol. The van der Waals surface area contributed by atoms with E-state index < -0.39 is 5.60 Å². The van der Waals surface area contributed by atoms with E-state index in [9.17, 15) is 4.79 Å². The molecular weight excluding hydrogens is 266 g/mol. The molecule has 0 spiro atoms. The highest BCUT2D eigenvalue weighted by atomic mass is 16.6. The number of ether oxygens (including phenoxy) is 1. The number of hydrogen-bond donors (Lipinski definition) is 2. The number of nitrogens with zero attached hydrogens (tertiary/aromatic N) is 1. The zero-order valence-corrected chi connectivity index (χ0v) is 14.6. The molecule has 1 amide bonds. The smallest absolute Gasteiger partial charge is 0.407 e. The molecule has 0 aliphatic carbocycles. The van der Waals surface area contributed by atoms with Gasteiger partial charge in [-0.05, 0) is 54.4 Å². The molecule has 0 aromatic heterocycles. The minimum absolute atomic E-state index is 0.267. The van der Waals surface area contributed by atoms with Crippen molar-refractivity contribution in [2.75, 3.05) is 26.2 Å². The summed E-state index contributed by atoms with van der Waals surface area (Å²) in [4.78, 5) is 14.0. The Morgan fingerprint density at radius 3 is 2.14 bits per heavy atom. The highest BCUT2D eigenvalue weighted by Gasteiger charge is 2.26. The minimum Gasteiger partial charge on any atom is -0.444 e. The molecule has 1 saturated heterocycles. The Hall–Kier alpha value is -0.810. The van der Waals surface area contributed by atoms with Gasteiger partial charge in [-0.3, -0.25) is 4.90 Å². The lowest BCUT2D eigenvalue weighted by Gasteiger charge is -2.41. The average Bonchev–Trinajstić information content (AvgIpc) is 2.32. The highest BCUT2D eigenvalue weighted by molar-refractivity contribution is 5.67. The van der Waals surface area contributed by atoms with E-state index in [0.29, 0.717) is 12.6 Å². The molecule has 5 heteroatoms. The molecule has 0 bridgehead atoms. The molecule has 5 nitrogen and oxygen atoms in total. The number of carbonyl (C=O) groups excluding carboxylic acids is 1. The van der Waals surface area contributed by atoms with E-state index in [1.165, 1.54) is 12.8 Å². The van der Waals surface area contributed by atoms with Crippen LogP contribution in [-0.2, 0) is 4.74 Å². The quantitative estimate of drug-likeness (QED) is 0.783. The van der Waals surface area contributed by atoms with Gasteiger partial charge in [-0.1, -0.05) is 0 Å². The first kappa shape index (κ1) is 18.2. The van der Waals surface area contributed by atoms with Gasteiger partial charge in [0.1, 0.15) is 5.60 Å². The van der Waals surface area contributed by atoms with Crippen LogP contribution in [0.1, 0.15) is 54.4 Å². The maximum atomic E-state index is 11.5. The molecule has 0 aromatic carbocycles. The van der Waals surface area contributed by atoms with Gasteiger partial charge in [-0.25, -0.2) is 4.79 Å². The summed E-state index contributed by atoms with van der Waals surface area (Å²) in [5.41, 5.74) is -0.166. The summed E-state index contributed by atoms with van der Waals surface area (Å²) in [6, 6.07) is 0.559. The number of alkyl carbamates (subject to hydrolysis) is 1. The lowest BCUT2D eigenvalue weighted by atomic mass is 9.98. The summed E-state index contributed by atoms with van der Waals surface area (Å²) in [5, 5.41) is 6.29. The summed E-state index contributed by atoms with van der Waals surface area (Å²) < 4.78 is 5.20. The van der Waals surface area contributed by atoms with Gasteiger partial charge in [-0.15, -0.1) is 0 Å². The normalized spacial score (nSPS) is 18.6. The standard InChI is InChI=1S/C16H33N3O2/c1-15(2,3)19-11-7-13(8-12-19)17-9-10-18-14(20)21-16(4,5)6/h13,17H,7-12H2,1-6H3,(H,18,20). The number of carbonyl (C=O) groups is 1. The Kier molecular flexibility index (Phi) is 6.47. The SMILES string of the molecule is CC(C)(C)OC(=O)NCCNC1CCN(C(C)(C)C)CC1. The zero-order chi connectivity index (χ0) is 16.1. The predicted molar refractivity (Wildman–Crippen MR) is 86.6 cm³/mol. The number of rotatable bonds is 4. The second-order valence-electron chi connectivity index (χ2n) is 7.81. The molecule has 0 unspecified atom stereocenters. The average molecular weight is 299 g/mol. The summed E-state index contributed by atoms with van der Waals surface area (Å²) in [6.45, 7) is 16.1. The first-order valence-electron chi connectivity index (χ1n) is 8.03. The van der Waals surface area contributed by atoms with E-state index in [4.69, 9.17) is 4.74 Å². The van der Waals surface area contributed by atoms with Crippen molar-refractivity contribution in [2.45, 2.75) is 71.6 Å². The summed E-state index contributed by atoms with van der Waals surface area (Å²) >= 11 is 0. The maximum Gasteiger partial charge on any atom is 0.407 e. The molecule has 0 aromatic rings. The van der Waals surface area contributed by atoms with Crippen LogP contribution in [0, 0.1) is 0 Å². The van der Waals surface area contributed by atoms with Crippen LogP contribution in [-0.4, -0.2) is 54.4 Å². The van der Waals surface area contributed by atoms with Gasteiger partial charge in [0.25, 0.3) is 0 Å². The van der Waals surface area contributed by atoms with Crippen LogP contribution in [0.4, 0.5) is 4.79 Å². The van der Waals surface area contributed by atoms with Crippen molar-refractivity contribution < 1.29 is 9.53 Å². The summed E-state index contributed by atoms with van der Waals surface area (Å²) in [6.07, 6.45) is 2.00. The molecule has 0 radical (unpaired) electrons. The fourth-order valence-corrected chi connectivity index (χ4v) is 2.51. The number of amides is 1. The molecular formula is C16H33N3O2. The summed E-state index contributed by atoms with van der Waals surface area (Å²) in [7, 11) is 0. The third kappa shape index (κ3) is 7.67. The molecule has 0 atom stereocenters. The van der Waals surface area contributed by atoms with Crippen molar-refractivity contribution in [3.63, 3.8) is 0 Å². The Morgan fingerprint density at radius 1 is 1.10 bits per heavy atom. The lowest BCUT2D eigenvalue weighted by molar-refractivity contribution is 0.0526. The van der Waals surface area contributed by atoms with E-state index >= 15 is 0 Å². The first-order chi connectivity index (χ1) is 9.58. The van der Waals surface area contributed by atoms with Gasteiger partial charge >= 0.3 is 6.09 Å². The fraction of sp³-hybridized carbons (Fsp3) is 0.938. The molecule has 1 aliphatic heterocycles. The van der Waals surface area contributed by atoms with Crippen LogP contribution >= 0.6 is 0 Å². The van der Waals surface area contributed by atoms with Gasteiger partial charge in [-0.2, -0.15) is 0 Å². The molecule has 1 rings (SSSR count). The number of piperidine rings is 1. The highest BCUT2D eigenvalue weighted by Crippen LogP contribution is 2.19. The lowest BCUT2D eigenvalue weighted by Crippen LogP contribution is -2.50.